The Kier molecular flexibility index (Phi) is 5.23. The molecule has 1 aliphatic rings. The van der Waals surface area contributed by atoms with E-state index in [-0.39, 0.29) is 5.41 Å². The fourth-order valence-corrected chi connectivity index (χ4v) is 3.91. The highest BCUT2D eigenvalue weighted by atomic mass is 15.0. The fraction of sp³-hybridized carbons (Fsp3) is 0.308. The van der Waals surface area contributed by atoms with Crippen molar-refractivity contribution in [3.63, 3.8) is 0 Å². The number of aliphatic imine (C=N–C) groups is 1. The normalized spacial score (nSPS) is 15.2. The molecule has 0 bridgehead atoms. The highest BCUT2D eigenvalue weighted by molar-refractivity contribution is 5.96. The van der Waals surface area contributed by atoms with Crippen LogP contribution in [0.15, 0.2) is 71.4 Å². The number of anilines is 2. The van der Waals surface area contributed by atoms with Crippen LogP contribution in [-0.4, -0.2) is 17.7 Å². The lowest BCUT2D eigenvalue weighted by Crippen LogP contribution is -2.10. The highest BCUT2D eigenvalue weighted by Crippen LogP contribution is 2.35. The summed E-state index contributed by atoms with van der Waals surface area (Å²) in [6.45, 7) is 9.85. The number of pyridine rings is 1. The fourth-order valence-electron chi connectivity index (χ4n) is 3.91. The molecule has 3 nitrogen and oxygen atoms in total. The van der Waals surface area contributed by atoms with Crippen LogP contribution < -0.4 is 5.32 Å². The number of fused-ring (bicyclic) bond motifs is 1. The molecule has 1 N–H and O–H groups in total. The zero-order valence-electron chi connectivity index (χ0n) is 17.7. The second-order valence-electron chi connectivity index (χ2n) is 8.83. The van der Waals surface area contributed by atoms with Crippen LogP contribution in [0.3, 0.4) is 0 Å². The van der Waals surface area contributed by atoms with E-state index in [1.165, 1.54) is 22.1 Å². The molecule has 4 rings (SSSR count). The van der Waals surface area contributed by atoms with E-state index in [0.717, 1.165) is 29.9 Å². The van der Waals surface area contributed by atoms with Gasteiger partial charge < -0.3 is 5.32 Å². The van der Waals surface area contributed by atoms with Crippen molar-refractivity contribution in [3.05, 3.63) is 77.5 Å². The van der Waals surface area contributed by atoms with Gasteiger partial charge in [-0.3, -0.25) is 4.99 Å². The SMILES string of the molecule is CC(C1=CC=NCC1)c1cnc(Nc2ccc(C(C)(C)C)cc2)c2ccccc12. The van der Waals surface area contributed by atoms with Crippen molar-refractivity contribution < 1.29 is 0 Å². The van der Waals surface area contributed by atoms with Gasteiger partial charge in [-0.1, -0.05) is 69.7 Å². The topological polar surface area (TPSA) is 37.3 Å². The van der Waals surface area contributed by atoms with Crippen molar-refractivity contribution in [1.29, 1.82) is 0 Å². The van der Waals surface area contributed by atoms with Crippen LogP contribution in [0.5, 0.6) is 0 Å². The van der Waals surface area contributed by atoms with Gasteiger partial charge in [-0.25, -0.2) is 4.98 Å². The van der Waals surface area contributed by atoms with Crippen LogP contribution in [-0.2, 0) is 5.41 Å². The van der Waals surface area contributed by atoms with E-state index in [4.69, 9.17) is 4.98 Å². The second kappa shape index (κ2) is 7.82. The molecule has 3 heteroatoms. The van der Waals surface area contributed by atoms with Crippen molar-refractivity contribution >= 4 is 28.5 Å². The van der Waals surface area contributed by atoms with Gasteiger partial charge in [0.25, 0.3) is 0 Å². The standard InChI is InChI=1S/C26H29N3/c1-18(19-13-15-27-16-14-19)24-17-28-25(23-8-6-5-7-22(23)24)29-21-11-9-20(10-12-21)26(2,3)4/h5-13,15,17-18H,14,16H2,1-4H3,(H,28,29). The Bertz CT molecular complexity index is 1070. The Morgan fingerprint density at radius 2 is 1.69 bits per heavy atom. The monoisotopic (exact) mass is 383 g/mol. The van der Waals surface area contributed by atoms with Gasteiger partial charge in [0.2, 0.25) is 0 Å². The molecular formula is C26H29N3. The molecule has 0 fully saturated rings. The Morgan fingerprint density at radius 3 is 2.34 bits per heavy atom. The largest absolute Gasteiger partial charge is 0.340 e. The third kappa shape index (κ3) is 4.09. The van der Waals surface area contributed by atoms with Crippen molar-refractivity contribution in [2.45, 2.75) is 45.4 Å². The lowest BCUT2D eigenvalue weighted by Gasteiger charge is -2.21. The van der Waals surface area contributed by atoms with E-state index in [1.54, 1.807) is 0 Å². The molecule has 0 saturated heterocycles. The molecule has 2 heterocycles. The van der Waals surface area contributed by atoms with Gasteiger partial charge in [0, 0.05) is 35.9 Å². The quantitative estimate of drug-likeness (QED) is 0.539. The molecule has 29 heavy (non-hydrogen) atoms. The molecule has 0 amide bonds. The van der Waals surface area contributed by atoms with Gasteiger partial charge in [0.15, 0.2) is 0 Å². The van der Waals surface area contributed by atoms with Gasteiger partial charge in [0.05, 0.1) is 0 Å². The third-order valence-electron chi connectivity index (χ3n) is 5.79. The molecule has 0 aliphatic carbocycles. The molecule has 3 aromatic rings. The summed E-state index contributed by atoms with van der Waals surface area (Å²) in [7, 11) is 0. The molecule has 1 aliphatic heterocycles. The van der Waals surface area contributed by atoms with Crippen LogP contribution in [0, 0.1) is 0 Å². The molecule has 1 atom stereocenters. The highest BCUT2D eigenvalue weighted by Gasteiger charge is 2.17. The van der Waals surface area contributed by atoms with Crippen LogP contribution >= 0.6 is 0 Å². The smallest absolute Gasteiger partial charge is 0.138 e. The lowest BCUT2D eigenvalue weighted by atomic mass is 9.87. The number of nitrogens with one attached hydrogen (secondary N) is 1. The molecule has 1 unspecified atom stereocenters. The summed E-state index contributed by atoms with van der Waals surface area (Å²) < 4.78 is 0. The number of rotatable bonds is 4. The summed E-state index contributed by atoms with van der Waals surface area (Å²) in [5.41, 5.74) is 5.23. The van der Waals surface area contributed by atoms with Crippen LogP contribution in [0.2, 0.25) is 0 Å². The first kappa shape index (κ1) is 19.4. The first-order chi connectivity index (χ1) is 13.9. The summed E-state index contributed by atoms with van der Waals surface area (Å²) >= 11 is 0. The Hall–Kier alpha value is -2.94. The summed E-state index contributed by atoms with van der Waals surface area (Å²) in [5.74, 6) is 1.23. The number of allylic oxidation sites excluding steroid dienone is 1. The van der Waals surface area contributed by atoms with E-state index in [9.17, 15) is 0 Å². The summed E-state index contributed by atoms with van der Waals surface area (Å²) in [5, 5.41) is 5.94. The zero-order chi connectivity index (χ0) is 20.4. The number of aromatic nitrogens is 1. The average molecular weight is 384 g/mol. The van der Waals surface area contributed by atoms with Crippen LogP contribution in [0.1, 0.15) is 51.2 Å². The predicted octanol–water partition coefficient (Wildman–Crippen LogP) is 6.78. The lowest BCUT2D eigenvalue weighted by molar-refractivity contribution is 0.590. The van der Waals surface area contributed by atoms with E-state index < -0.39 is 0 Å². The van der Waals surface area contributed by atoms with Gasteiger partial charge in [0.1, 0.15) is 5.82 Å². The minimum absolute atomic E-state index is 0.153. The number of benzene rings is 2. The van der Waals surface area contributed by atoms with Gasteiger partial charge in [-0.15, -0.1) is 0 Å². The molecular weight excluding hydrogens is 354 g/mol. The average Bonchev–Trinajstić information content (AvgIpc) is 2.74. The summed E-state index contributed by atoms with van der Waals surface area (Å²) in [4.78, 5) is 9.14. The molecule has 1 aromatic heterocycles. The van der Waals surface area contributed by atoms with Crippen molar-refractivity contribution in [1.82, 2.24) is 4.98 Å². The van der Waals surface area contributed by atoms with E-state index in [1.807, 2.05) is 12.4 Å². The van der Waals surface area contributed by atoms with Crippen molar-refractivity contribution in [2.24, 2.45) is 4.99 Å². The Morgan fingerprint density at radius 1 is 0.966 bits per heavy atom. The molecule has 0 spiro atoms. The zero-order valence-corrected chi connectivity index (χ0v) is 17.7. The van der Waals surface area contributed by atoms with Gasteiger partial charge >= 0.3 is 0 Å². The first-order valence-corrected chi connectivity index (χ1v) is 10.4. The number of nitrogens with zero attached hydrogens (tertiary/aromatic N) is 2. The number of hydrogen-bond donors (Lipinski definition) is 1. The van der Waals surface area contributed by atoms with Gasteiger partial charge in [-0.2, -0.15) is 0 Å². The van der Waals surface area contributed by atoms with E-state index in [0.29, 0.717) is 5.92 Å². The number of dihydropyridines is 1. The minimum atomic E-state index is 0.153. The Balaban J connectivity index is 1.68. The number of hydrogen-bond acceptors (Lipinski definition) is 3. The predicted molar refractivity (Wildman–Crippen MR) is 125 cm³/mol. The third-order valence-corrected chi connectivity index (χ3v) is 5.79. The molecule has 0 saturated carbocycles. The molecule has 148 valence electrons. The Labute approximate surface area is 173 Å². The minimum Gasteiger partial charge on any atom is -0.340 e. The maximum Gasteiger partial charge on any atom is 0.138 e. The summed E-state index contributed by atoms with van der Waals surface area (Å²) in [6.07, 6.45) is 7.14. The maximum absolute atomic E-state index is 4.82. The van der Waals surface area contributed by atoms with E-state index in [2.05, 4.69) is 92.6 Å². The van der Waals surface area contributed by atoms with Crippen molar-refractivity contribution in [3.8, 4) is 0 Å². The molecule has 0 radical (unpaired) electrons. The first-order valence-electron chi connectivity index (χ1n) is 10.4. The maximum atomic E-state index is 4.82. The van der Waals surface area contributed by atoms with Crippen LogP contribution in [0.4, 0.5) is 11.5 Å². The van der Waals surface area contributed by atoms with Crippen LogP contribution in [0.25, 0.3) is 10.8 Å². The van der Waals surface area contributed by atoms with Gasteiger partial charge in [-0.05, 0) is 46.6 Å². The molecule has 2 aromatic carbocycles. The van der Waals surface area contributed by atoms with Crippen molar-refractivity contribution in [2.75, 3.05) is 11.9 Å². The second-order valence-corrected chi connectivity index (χ2v) is 8.83. The summed E-state index contributed by atoms with van der Waals surface area (Å²) in [6, 6.07) is 17.2. The van der Waals surface area contributed by atoms with E-state index >= 15 is 0 Å².